The van der Waals surface area contributed by atoms with Crippen molar-refractivity contribution in [3.63, 3.8) is 0 Å². The Morgan fingerprint density at radius 2 is 1.95 bits per heavy atom. The van der Waals surface area contributed by atoms with Crippen LogP contribution in [0.3, 0.4) is 0 Å². The van der Waals surface area contributed by atoms with E-state index in [1.54, 1.807) is 0 Å². The van der Waals surface area contributed by atoms with E-state index in [1.807, 2.05) is 0 Å². The first kappa shape index (κ1) is 17.2. The van der Waals surface area contributed by atoms with E-state index in [9.17, 15) is 18.0 Å². The molecule has 8 nitrogen and oxygen atoms in total. The minimum absolute atomic E-state index is 0.0886. The average molecular weight is 318 g/mol. The summed E-state index contributed by atoms with van der Waals surface area (Å²) in [7, 11) is -2.46. The lowest BCUT2D eigenvalue weighted by Crippen LogP contribution is -2.24. The molecule has 1 amide bonds. The van der Waals surface area contributed by atoms with Gasteiger partial charge >= 0.3 is 5.97 Å². The highest BCUT2D eigenvalue weighted by molar-refractivity contribution is 7.89. The van der Waals surface area contributed by atoms with Gasteiger partial charge in [0.25, 0.3) is 15.9 Å². The molecule has 0 fully saturated rings. The first-order valence-corrected chi connectivity index (χ1v) is 7.88. The van der Waals surface area contributed by atoms with Crippen LogP contribution < -0.4 is 10.0 Å². The average Bonchev–Trinajstić information content (AvgIpc) is 2.92. The number of unbranched alkanes of at least 4 members (excludes halogenated alkanes) is 2. The largest absolute Gasteiger partial charge is 0.481 e. The van der Waals surface area contributed by atoms with E-state index >= 15 is 0 Å². The van der Waals surface area contributed by atoms with Gasteiger partial charge in [0.1, 0.15) is 0 Å². The number of carbonyl (C=O) groups is 2. The number of nitrogens with one attached hydrogen (secondary N) is 2. The molecule has 3 N–H and O–H groups in total. The maximum Gasteiger partial charge on any atom is 0.303 e. The molecule has 0 saturated carbocycles. The van der Waals surface area contributed by atoms with Crippen molar-refractivity contribution in [2.45, 2.75) is 30.8 Å². The van der Waals surface area contributed by atoms with Crippen LogP contribution in [0, 0.1) is 0 Å². The molecule has 0 saturated heterocycles. The second-order valence-corrected chi connectivity index (χ2v) is 6.10. The molecular weight excluding hydrogens is 300 g/mol. The zero-order chi connectivity index (χ0) is 15.9. The lowest BCUT2D eigenvalue weighted by atomic mass is 10.2. The molecule has 1 aromatic rings. The van der Waals surface area contributed by atoms with Crippen molar-refractivity contribution >= 4 is 21.9 Å². The Labute approximate surface area is 122 Å². The fourth-order valence-electron chi connectivity index (χ4n) is 1.55. The highest BCUT2D eigenvalue weighted by Gasteiger charge is 2.19. The molecule has 1 rings (SSSR count). The van der Waals surface area contributed by atoms with Crippen LogP contribution in [0.1, 0.15) is 36.2 Å². The monoisotopic (exact) mass is 318 g/mol. The minimum atomic E-state index is -3.70. The van der Waals surface area contributed by atoms with Crippen molar-refractivity contribution in [1.29, 1.82) is 0 Å². The SMILES string of the molecule is CNS(=O)(=O)c1ccc(C(=O)NCCCCCC(=O)O)o1. The van der Waals surface area contributed by atoms with Crippen molar-refractivity contribution < 1.29 is 27.5 Å². The van der Waals surface area contributed by atoms with Gasteiger partial charge in [-0.2, -0.15) is 0 Å². The Balaban J connectivity index is 2.38. The van der Waals surface area contributed by atoms with Crippen molar-refractivity contribution in [3.8, 4) is 0 Å². The predicted octanol–water partition coefficient (Wildman–Crippen LogP) is 0.562. The molecule has 9 heteroatoms. The van der Waals surface area contributed by atoms with Crippen LogP contribution in [0.4, 0.5) is 0 Å². The standard InChI is InChI=1S/C12H18N2O6S/c1-13-21(18,19)11-7-6-9(20-11)12(17)14-8-4-2-3-5-10(15)16/h6-7,13H,2-5,8H2,1H3,(H,14,17)(H,15,16). The Morgan fingerprint density at radius 1 is 1.24 bits per heavy atom. The summed E-state index contributed by atoms with van der Waals surface area (Å²) in [4.78, 5) is 22.0. The highest BCUT2D eigenvalue weighted by atomic mass is 32.2. The van der Waals surface area contributed by atoms with Gasteiger partial charge in [0.15, 0.2) is 5.76 Å². The molecule has 1 heterocycles. The Bertz CT molecular complexity index is 593. The molecule has 0 spiro atoms. The maximum atomic E-state index is 11.7. The number of amides is 1. The molecule has 0 aromatic carbocycles. The number of rotatable bonds is 9. The second-order valence-electron chi connectivity index (χ2n) is 4.29. The first-order chi connectivity index (χ1) is 9.86. The Hall–Kier alpha value is -1.87. The number of aliphatic carboxylic acids is 1. The third-order valence-corrected chi connectivity index (χ3v) is 3.98. The number of hydrogen-bond donors (Lipinski definition) is 3. The van der Waals surface area contributed by atoms with Crippen LogP contribution >= 0.6 is 0 Å². The lowest BCUT2D eigenvalue weighted by molar-refractivity contribution is -0.137. The third kappa shape index (κ3) is 5.56. The molecule has 0 aliphatic carbocycles. The molecule has 21 heavy (non-hydrogen) atoms. The molecule has 1 aromatic heterocycles. The van der Waals surface area contributed by atoms with E-state index in [2.05, 4.69) is 10.0 Å². The number of sulfonamides is 1. The van der Waals surface area contributed by atoms with Crippen molar-refractivity contribution in [2.24, 2.45) is 0 Å². The van der Waals surface area contributed by atoms with Crippen molar-refractivity contribution in [2.75, 3.05) is 13.6 Å². The molecule has 0 unspecified atom stereocenters. The molecular formula is C12H18N2O6S. The summed E-state index contributed by atoms with van der Waals surface area (Å²) in [6.45, 7) is 0.368. The predicted molar refractivity (Wildman–Crippen MR) is 73.4 cm³/mol. The summed E-state index contributed by atoms with van der Waals surface area (Å²) >= 11 is 0. The van der Waals surface area contributed by atoms with Crippen LogP contribution in [0.25, 0.3) is 0 Å². The maximum absolute atomic E-state index is 11.7. The van der Waals surface area contributed by atoms with E-state index in [0.29, 0.717) is 25.8 Å². The topological polar surface area (TPSA) is 126 Å². The fourth-order valence-corrected chi connectivity index (χ4v) is 2.20. The molecule has 0 aliphatic heterocycles. The van der Waals surface area contributed by atoms with E-state index in [0.717, 1.165) is 0 Å². The summed E-state index contributed by atoms with van der Waals surface area (Å²) < 4.78 is 29.9. The first-order valence-electron chi connectivity index (χ1n) is 6.40. The van der Waals surface area contributed by atoms with Gasteiger partial charge in [-0.1, -0.05) is 6.42 Å². The Morgan fingerprint density at radius 3 is 2.57 bits per heavy atom. The zero-order valence-corrected chi connectivity index (χ0v) is 12.4. The number of furan rings is 1. The lowest BCUT2D eigenvalue weighted by Gasteiger charge is -2.02. The van der Waals surface area contributed by atoms with Gasteiger partial charge < -0.3 is 14.8 Å². The smallest absolute Gasteiger partial charge is 0.303 e. The number of carbonyl (C=O) groups excluding carboxylic acids is 1. The summed E-state index contributed by atoms with van der Waals surface area (Å²) in [5, 5.41) is 10.7. The van der Waals surface area contributed by atoms with E-state index < -0.39 is 21.9 Å². The minimum Gasteiger partial charge on any atom is -0.481 e. The van der Waals surface area contributed by atoms with Crippen LogP contribution in [-0.2, 0) is 14.8 Å². The van der Waals surface area contributed by atoms with E-state index in [4.69, 9.17) is 9.52 Å². The van der Waals surface area contributed by atoms with Gasteiger partial charge in [-0.25, -0.2) is 13.1 Å². The van der Waals surface area contributed by atoms with Gasteiger partial charge in [0, 0.05) is 13.0 Å². The highest BCUT2D eigenvalue weighted by Crippen LogP contribution is 2.13. The van der Waals surface area contributed by atoms with Gasteiger partial charge in [-0.15, -0.1) is 0 Å². The quantitative estimate of drug-likeness (QED) is 0.571. The molecule has 0 radical (unpaired) electrons. The summed E-state index contributed by atoms with van der Waals surface area (Å²) in [5.74, 6) is -1.44. The van der Waals surface area contributed by atoms with Gasteiger partial charge in [-0.3, -0.25) is 9.59 Å². The molecule has 0 aliphatic rings. The summed E-state index contributed by atoms with van der Waals surface area (Å²) in [6.07, 6.45) is 1.99. The third-order valence-electron chi connectivity index (χ3n) is 2.69. The van der Waals surface area contributed by atoms with Gasteiger partial charge in [0.05, 0.1) is 0 Å². The number of carboxylic acids is 1. The van der Waals surface area contributed by atoms with E-state index in [1.165, 1.54) is 19.2 Å². The number of carboxylic acid groups (broad SMARTS) is 1. The van der Waals surface area contributed by atoms with Crippen molar-refractivity contribution in [3.05, 3.63) is 17.9 Å². The Kier molecular flexibility index (Phi) is 6.38. The number of hydrogen-bond acceptors (Lipinski definition) is 5. The molecule has 118 valence electrons. The van der Waals surface area contributed by atoms with Crippen LogP contribution in [0.5, 0.6) is 0 Å². The normalized spacial score (nSPS) is 11.3. The van der Waals surface area contributed by atoms with Crippen LogP contribution in [0.2, 0.25) is 0 Å². The van der Waals surface area contributed by atoms with Crippen molar-refractivity contribution in [1.82, 2.24) is 10.0 Å². The summed E-state index contributed by atoms with van der Waals surface area (Å²) in [5.41, 5.74) is 0. The van der Waals surface area contributed by atoms with Crippen LogP contribution in [0.15, 0.2) is 21.6 Å². The van der Waals surface area contributed by atoms with Crippen LogP contribution in [-0.4, -0.2) is 39.0 Å². The van der Waals surface area contributed by atoms with Gasteiger partial charge in [0.2, 0.25) is 5.09 Å². The second kappa shape index (κ2) is 7.79. The zero-order valence-electron chi connectivity index (χ0n) is 11.6. The fraction of sp³-hybridized carbons (Fsp3) is 0.500. The van der Waals surface area contributed by atoms with E-state index in [-0.39, 0.29) is 17.3 Å². The molecule has 0 atom stereocenters. The molecule has 0 bridgehead atoms. The van der Waals surface area contributed by atoms with Gasteiger partial charge in [-0.05, 0) is 32.0 Å². The summed E-state index contributed by atoms with van der Waals surface area (Å²) in [6, 6.07) is 2.48.